The number of rotatable bonds is 7. The number of aliphatic hydroxyl groups is 4. The Labute approximate surface area is 159 Å². The van der Waals surface area contributed by atoms with Crippen LogP contribution in [-0.2, 0) is 23.9 Å². The van der Waals surface area contributed by atoms with Gasteiger partial charge in [-0.15, -0.1) is 11.8 Å². The Hall–Kier alpha value is -1.68. The zero-order valence-electron chi connectivity index (χ0n) is 15.1. The van der Waals surface area contributed by atoms with E-state index in [1.165, 1.54) is 0 Å². The number of nitriles is 1. The van der Waals surface area contributed by atoms with E-state index in [1.807, 2.05) is 0 Å². The van der Waals surface area contributed by atoms with Crippen molar-refractivity contribution in [1.82, 2.24) is 0 Å². The number of nitrogens with zero attached hydrogens (tertiary/aromatic N) is 1. The molecule has 1 rings (SSSR count). The highest BCUT2D eigenvalue weighted by molar-refractivity contribution is 8.00. The quantitative estimate of drug-likeness (QED) is 0.364. The molecule has 10 nitrogen and oxygen atoms in total. The molecule has 1 fully saturated rings. The Kier molecular flexibility index (Phi) is 6.70. The molecule has 0 aromatic rings. The van der Waals surface area contributed by atoms with Gasteiger partial charge in [0.2, 0.25) is 5.60 Å². The van der Waals surface area contributed by atoms with Crippen LogP contribution in [0.2, 0.25) is 0 Å². The third kappa shape index (κ3) is 3.12. The maximum atomic E-state index is 12.3. The number of thioether (sulfide) groups is 1. The lowest BCUT2D eigenvalue weighted by Crippen LogP contribution is -2.86. The highest BCUT2D eigenvalue weighted by Gasteiger charge is 2.79. The molecule has 150 valence electrons. The van der Waals surface area contributed by atoms with E-state index < -0.39 is 57.6 Å². The number of hydrogen-bond donors (Lipinski definition) is 4. The number of aliphatic hydroxyl groups excluding tert-OH is 1. The van der Waals surface area contributed by atoms with Gasteiger partial charge in [0.15, 0.2) is 34.3 Å². The summed E-state index contributed by atoms with van der Waals surface area (Å²) in [4.78, 5) is 48.5. The van der Waals surface area contributed by atoms with Crippen LogP contribution in [0.4, 0.5) is 0 Å². The molecule has 27 heavy (non-hydrogen) atoms. The third-order valence-corrected chi connectivity index (χ3v) is 5.76. The summed E-state index contributed by atoms with van der Waals surface area (Å²) in [5, 5.41) is 52.0. The van der Waals surface area contributed by atoms with Crippen LogP contribution in [-0.4, -0.2) is 83.8 Å². The molecular formula is C16H21NO9S. The first-order chi connectivity index (χ1) is 12.2. The minimum absolute atomic E-state index is 0.379. The van der Waals surface area contributed by atoms with Crippen molar-refractivity contribution < 1.29 is 44.3 Å². The van der Waals surface area contributed by atoms with Crippen LogP contribution in [0.5, 0.6) is 0 Å². The van der Waals surface area contributed by atoms with Crippen molar-refractivity contribution in [3.63, 3.8) is 0 Å². The first-order valence-corrected chi connectivity index (χ1v) is 8.82. The molecule has 0 aliphatic carbocycles. The van der Waals surface area contributed by atoms with E-state index in [2.05, 4.69) is 0 Å². The number of carbonyl (C=O) groups excluding carboxylic acids is 4. The molecule has 6 atom stereocenters. The Morgan fingerprint density at radius 2 is 1.52 bits per heavy atom. The molecule has 4 N–H and O–H groups in total. The van der Waals surface area contributed by atoms with Gasteiger partial charge in [0.1, 0.15) is 17.6 Å². The molecule has 0 saturated carbocycles. The van der Waals surface area contributed by atoms with Crippen molar-refractivity contribution in [2.75, 3.05) is 5.75 Å². The lowest BCUT2D eigenvalue weighted by atomic mass is 9.60. The summed E-state index contributed by atoms with van der Waals surface area (Å²) in [5.41, 5.74) is -11.8. The van der Waals surface area contributed by atoms with E-state index in [0.29, 0.717) is 11.8 Å². The standard InChI is InChI=1S/C16H21NO9S/c1-7(18)11(22)12-14(23,8(2)19)16(25,10(4)21)15(24,9(3)20)13(26-12)27-6-5-17/h11-13,22-25H,6H2,1-4H3/t11?,12-,13+,14+,15+,16+/m1/s1. The van der Waals surface area contributed by atoms with E-state index in [9.17, 15) is 39.6 Å². The number of ketones is 4. The molecule has 11 heteroatoms. The van der Waals surface area contributed by atoms with Crippen LogP contribution in [0.15, 0.2) is 0 Å². The fourth-order valence-corrected chi connectivity index (χ4v) is 4.20. The van der Waals surface area contributed by atoms with Gasteiger partial charge in [-0.25, -0.2) is 0 Å². The van der Waals surface area contributed by atoms with E-state index in [0.717, 1.165) is 27.7 Å². The fraction of sp³-hybridized carbons (Fsp3) is 0.688. The van der Waals surface area contributed by atoms with Crippen molar-refractivity contribution >= 4 is 34.9 Å². The Morgan fingerprint density at radius 1 is 1.04 bits per heavy atom. The smallest absolute Gasteiger partial charge is 0.200 e. The molecule has 1 aliphatic rings. The molecule has 0 amide bonds. The van der Waals surface area contributed by atoms with Crippen LogP contribution in [0.3, 0.4) is 0 Å². The monoisotopic (exact) mass is 403 g/mol. The fourth-order valence-electron chi connectivity index (χ4n) is 3.20. The van der Waals surface area contributed by atoms with Gasteiger partial charge in [0.05, 0.1) is 11.8 Å². The zero-order chi connectivity index (χ0) is 21.4. The number of hydrogen-bond acceptors (Lipinski definition) is 11. The van der Waals surface area contributed by atoms with Crippen LogP contribution in [0, 0.1) is 11.3 Å². The minimum Gasteiger partial charge on any atom is -0.382 e. The van der Waals surface area contributed by atoms with Gasteiger partial charge >= 0.3 is 0 Å². The van der Waals surface area contributed by atoms with E-state index >= 15 is 0 Å². The average Bonchev–Trinajstić information content (AvgIpc) is 2.57. The van der Waals surface area contributed by atoms with Crippen LogP contribution in [0.1, 0.15) is 27.7 Å². The lowest BCUT2D eigenvalue weighted by molar-refractivity contribution is -0.311. The van der Waals surface area contributed by atoms with Crippen LogP contribution >= 0.6 is 11.8 Å². The first-order valence-electron chi connectivity index (χ1n) is 7.77. The van der Waals surface area contributed by atoms with Crippen molar-refractivity contribution in [2.24, 2.45) is 0 Å². The Balaban J connectivity index is 3.90. The Bertz CT molecular complexity index is 719. The predicted molar refractivity (Wildman–Crippen MR) is 90.3 cm³/mol. The maximum absolute atomic E-state index is 12.3. The summed E-state index contributed by atoms with van der Waals surface area (Å²) in [6, 6.07) is 1.69. The maximum Gasteiger partial charge on any atom is 0.200 e. The van der Waals surface area contributed by atoms with E-state index in [4.69, 9.17) is 10.00 Å². The number of carbonyl (C=O) groups is 4. The molecule has 0 bridgehead atoms. The van der Waals surface area contributed by atoms with Crippen LogP contribution in [0.25, 0.3) is 0 Å². The van der Waals surface area contributed by atoms with Crippen molar-refractivity contribution in [1.29, 1.82) is 5.26 Å². The van der Waals surface area contributed by atoms with Gasteiger partial charge in [-0.05, 0) is 27.7 Å². The predicted octanol–water partition coefficient (Wildman–Crippen LogP) is -2.12. The number of Topliss-reactive ketones (excluding diaryl/α,β-unsaturated/α-hetero) is 4. The molecule has 1 unspecified atom stereocenters. The second kappa shape index (κ2) is 7.75. The Morgan fingerprint density at radius 3 is 1.85 bits per heavy atom. The van der Waals surface area contributed by atoms with Crippen molar-refractivity contribution in [2.45, 2.75) is 62.1 Å². The third-order valence-electron chi connectivity index (χ3n) is 4.71. The minimum atomic E-state index is -3.45. The van der Waals surface area contributed by atoms with Gasteiger partial charge in [-0.1, -0.05) is 0 Å². The largest absolute Gasteiger partial charge is 0.382 e. The molecule has 1 aliphatic heterocycles. The topological polar surface area (TPSA) is 182 Å². The second-order valence-electron chi connectivity index (χ2n) is 6.32. The zero-order valence-corrected chi connectivity index (χ0v) is 15.9. The molecule has 1 saturated heterocycles. The van der Waals surface area contributed by atoms with Crippen molar-refractivity contribution in [3.8, 4) is 6.07 Å². The van der Waals surface area contributed by atoms with Gasteiger partial charge < -0.3 is 25.2 Å². The van der Waals surface area contributed by atoms with Crippen LogP contribution < -0.4 is 0 Å². The number of ether oxygens (including phenoxy) is 1. The van der Waals surface area contributed by atoms with Crippen molar-refractivity contribution in [3.05, 3.63) is 0 Å². The average molecular weight is 403 g/mol. The summed E-state index contributed by atoms with van der Waals surface area (Å²) in [7, 11) is 0. The summed E-state index contributed by atoms with van der Waals surface area (Å²) >= 11 is 0.486. The van der Waals surface area contributed by atoms with E-state index in [1.54, 1.807) is 6.07 Å². The molecule has 1 heterocycles. The second-order valence-corrected chi connectivity index (χ2v) is 7.38. The first kappa shape index (κ1) is 23.4. The molecule has 0 spiro atoms. The lowest BCUT2D eigenvalue weighted by Gasteiger charge is -2.58. The molecular weight excluding hydrogens is 382 g/mol. The summed E-state index contributed by atoms with van der Waals surface area (Å²) in [6.45, 7) is 3.15. The SMILES string of the molecule is CC(=O)C(O)[C@H]1O[C@@H](SCC#N)[C@@](O)(C(C)=O)[C@](O)(C(C)=O)[C@]1(O)C(C)=O. The van der Waals surface area contributed by atoms with Gasteiger partial charge in [-0.2, -0.15) is 5.26 Å². The van der Waals surface area contributed by atoms with Gasteiger partial charge in [0.25, 0.3) is 0 Å². The molecule has 0 radical (unpaired) electrons. The normalized spacial score (nSPS) is 37.1. The van der Waals surface area contributed by atoms with E-state index in [-0.39, 0.29) is 5.75 Å². The van der Waals surface area contributed by atoms with Gasteiger partial charge in [0, 0.05) is 0 Å². The summed E-state index contributed by atoms with van der Waals surface area (Å²) in [6.07, 6.45) is -4.36. The van der Waals surface area contributed by atoms with Gasteiger partial charge in [-0.3, -0.25) is 19.2 Å². The summed E-state index contributed by atoms with van der Waals surface area (Å²) < 4.78 is 5.30. The summed E-state index contributed by atoms with van der Waals surface area (Å²) in [5.74, 6) is -5.28. The molecule has 0 aromatic heterocycles. The highest BCUT2D eigenvalue weighted by atomic mass is 32.2. The molecule has 0 aromatic carbocycles. The highest BCUT2D eigenvalue weighted by Crippen LogP contribution is 2.50.